The van der Waals surface area contributed by atoms with Crippen LogP contribution in [0.15, 0.2) is 34.9 Å². The first-order valence-corrected chi connectivity index (χ1v) is 17.7. The van der Waals surface area contributed by atoms with E-state index in [2.05, 4.69) is 66.8 Å². The standard InChI is InChI=1S/C32H54O4Si/c1-21(20-33)15-17-35-22(2)26-12-13-27-25-11-10-23-18-24(34)19-29(36-37(8,9)30(3,4)5)32(23,7)28(25)14-16-31(26,27)6/h10-11,15,22,24,26-29,33-34H,12-14,16-20H2,1-9H3/b21-15+/t22-,24+,26+,27-,28-,29-,31+,32-/m0/s1. The van der Waals surface area contributed by atoms with Gasteiger partial charge in [0.25, 0.3) is 0 Å². The maximum absolute atomic E-state index is 10.9. The SMILES string of the molecule is C/C(=C\CO[C@@H](C)[C@H]1CC[C@H]2C3=CC=C4C[C@@H](O)C[C@H](O[Si](C)(C)C(C)(C)C)[C@]4(C)[C@H]3CC[C@]12C)CO. The summed E-state index contributed by atoms with van der Waals surface area (Å²) in [6.07, 6.45) is 13.2. The van der Waals surface area contributed by atoms with Crippen LogP contribution in [0.2, 0.25) is 18.1 Å². The molecule has 0 aromatic rings. The van der Waals surface area contributed by atoms with E-state index in [1.54, 1.807) is 5.57 Å². The third-order valence-electron chi connectivity index (χ3n) is 11.5. The lowest BCUT2D eigenvalue weighted by Gasteiger charge is -2.58. The molecule has 3 saturated carbocycles. The summed E-state index contributed by atoms with van der Waals surface area (Å²) in [5.74, 6) is 1.64. The first-order valence-electron chi connectivity index (χ1n) is 14.8. The van der Waals surface area contributed by atoms with Crippen molar-refractivity contribution in [3.05, 3.63) is 34.9 Å². The molecule has 3 fully saturated rings. The van der Waals surface area contributed by atoms with Crippen LogP contribution < -0.4 is 0 Å². The molecular weight excluding hydrogens is 476 g/mol. The molecule has 4 aliphatic carbocycles. The molecule has 2 N–H and O–H groups in total. The molecule has 0 bridgehead atoms. The van der Waals surface area contributed by atoms with Gasteiger partial charge in [-0.15, -0.1) is 0 Å². The number of aliphatic hydroxyl groups excluding tert-OH is 2. The van der Waals surface area contributed by atoms with Crippen molar-refractivity contribution in [3.63, 3.8) is 0 Å². The first-order chi connectivity index (χ1) is 17.1. The van der Waals surface area contributed by atoms with Gasteiger partial charge in [-0.25, -0.2) is 0 Å². The van der Waals surface area contributed by atoms with Crippen LogP contribution in [0.25, 0.3) is 0 Å². The van der Waals surface area contributed by atoms with Gasteiger partial charge in [0, 0.05) is 5.41 Å². The lowest BCUT2D eigenvalue weighted by atomic mass is 9.49. The molecule has 8 atom stereocenters. The van der Waals surface area contributed by atoms with Crippen molar-refractivity contribution in [2.75, 3.05) is 13.2 Å². The highest BCUT2D eigenvalue weighted by Gasteiger charge is 2.60. The Hall–Kier alpha value is -0.723. The normalized spacial score (nSPS) is 39.3. The van der Waals surface area contributed by atoms with Crippen molar-refractivity contribution in [2.45, 2.75) is 123 Å². The molecule has 4 nitrogen and oxygen atoms in total. The molecule has 0 aliphatic heterocycles. The summed E-state index contributed by atoms with van der Waals surface area (Å²) in [4.78, 5) is 0. The Labute approximate surface area is 227 Å². The summed E-state index contributed by atoms with van der Waals surface area (Å²) in [5, 5.41) is 20.3. The molecule has 0 saturated heterocycles. The van der Waals surface area contributed by atoms with Crippen LogP contribution >= 0.6 is 0 Å². The predicted molar refractivity (Wildman–Crippen MR) is 155 cm³/mol. The van der Waals surface area contributed by atoms with Gasteiger partial charge in [0.2, 0.25) is 0 Å². The second-order valence-electron chi connectivity index (χ2n) is 14.7. The Kier molecular flexibility index (Phi) is 8.19. The summed E-state index contributed by atoms with van der Waals surface area (Å²) >= 11 is 0. The fourth-order valence-corrected chi connectivity index (χ4v) is 9.47. The lowest BCUT2D eigenvalue weighted by molar-refractivity contribution is -0.0571. The zero-order valence-electron chi connectivity index (χ0n) is 25.1. The highest BCUT2D eigenvalue weighted by molar-refractivity contribution is 6.74. The van der Waals surface area contributed by atoms with Crippen molar-refractivity contribution in [3.8, 4) is 0 Å². The Balaban J connectivity index is 1.59. The maximum atomic E-state index is 10.9. The van der Waals surface area contributed by atoms with E-state index < -0.39 is 8.32 Å². The van der Waals surface area contributed by atoms with Gasteiger partial charge in [0.1, 0.15) is 0 Å². The Morgan fingerprint density at radius 3 is 2.51 bits per heavy atom. The van der Waals surface area contributed by atoms with Crippen molar-refractivity contribution in [2.24, 2.45) is 28.6 Å². The van der Waals surface area contributed by atoms with E-state index in [1.165, 1.54) is 31.3 Å². The molecule has 4 rings (SSSR count). The molecule has 0 amide bonds. The smallest absolute Gasteiger partial charge is 0.192 e. The molecule has 0 aromatic carbocycles. The van der Waals surface area contributed by atoms with E-state index in [-0.39, 0.29) is 40.8 Å². The van der Waals surface area contributed by atoms with Crippen LogP contribution in [0.3, 0.4) is 0 Å². The minimum Gasteiger partial charge on any atom is -0.413 e. The topological polar surface area (TPSA) is 58.9 Å². The maximum Gasteiger partial charge on any atom is 0.192 e. The van der Waals surface area contributed by atoms with E-state index >= 15 is 0 Å². The van der Waals surface area contributed by atoms with Crippen molar-refractivity contribution < 1.29 is 19.4 Å². The van der Waals surface area contributed by atoms with E-state index in [0.29, 0.717) is 24.4 Å². The highest BCUT2D eigenvalue weighted by Crippen LogP contribution is 2.66. The summed E-state index contributed by atoms with van der Waals surface area (Å²) in [6.45, 7) is 21.6. The Bertz CT molecular complexity index is 943. The van der Waals surface area contributed by atoms with Gasteiger partial charge >= 0.3 is 0 Å². The minimum absolute atomic E-state index is 0.0347. The molecule has 0 radical (unpaired) electrons. The largest absolute Gasteiger partial charge is 0.413 e. The van der Waals surface area contributed by atoms with Gasteiger partial charge in [0.15, 0.2) is 8.32 Å². The molecule has 37 heavy (non-hydrogen) atoms. The fourth-order valence-electron chi connectivity index (χ4n) is 8.06. The van der Waals surface area contributed by atoms with Crippen LogP contribution in [-0.4, -0.2) is 50.1 Å². The number of hydrogen-bond donors (Lipinski definition) is 2. The molecule has 5 heteroatoms. The third kappa shape index (κ3) is 5.13. The summed E-state index contributed by atoms with van der Waals surface area (Å²) < 4.78 is 13.5. The second-order valence-corrected chi connectivity index (χ2v) is 19.4. The van der Waals surface area contributed by atoms with E-state index in [9.17, 15) is 10.2 Å². The van der Waals surface area contributed by atoms with E-state index in [4.69, 9.17) is 9.16 Å². The average molecular weight is 531 g/mol. The van der Waals surface area contributed by atoms with Gasteiger partial charge in [-0.05, 0) is 99.2 Å². The number of rotatable bonds is 7. The van der Waals surface area contributed by atoms with Gasteiger partial charge in [-0.1, -0.05) is 64.0 Å². The monoisotopic (exact) mass is 530 g/mol. The molecular formula is C32H54O4Si. The van der Waals surface area contributed by atoms with Crippen LogP contribution in [0, 0.1) is 28.6 Å². The summed E-state index contributed by atoms with van der Waals surface area (Å²) in [7, 11) is -1.99. The predicted octanol–water partition coefficient (Wildman–Crippen LogP) is 7.19. The molecule has 0 aromatic heterocycles. The molecule has 0 unspecified atom stereocenters. The number of aliphatic hydroxyl groups is 2. The number of ether oxygens (including phenoxy) is 1. The number of fused-ring (bicyclic) bond motifs is 5. The first kappa shape index (κ1) is 29.3. The zero-order valence-corrected chi connectivity index (χ0v) is 26.1. The van der Waals surface area contributed by atoms with Crippen LogP contribution in [0.5, 0.6) is 0 Å². The highest BCUT2D eigenvalue weighted by atomic mass is 28.4. The van der Waals surface area contributed by atoms with Crippen LogP contribution in [-0.2, 0) is 9.16 Å². The summed E-state index contributed by atoms with van der Waals surface area (Å²) in [5.41, 5.74) is 4.24. The minimum atomic E-state index is -1.99. The Morgan fingerprint density at radius 2 is 1.86 bits per heavy atom. The number of hydrogen-bond acceptors (Lipinski definition) is 4. The van der Waals surface area contributed by atoms with Crippen LogP contribution in [0.1, 0.15) is 87.0 Å². The van der Waals surface area contributed by atoms with Crippen molar-refractivity contribution >= 4 is 8.32 Å². The van der Waals surface area contributed by atoms with Crippen LogP contribution in [0.4, 0.5) is 0 Å². The Morgan fingerprint density at radius 1 is 1.16 bits per heavy atom. The third-order valence-corrected chi connectivity index (χ3v) is 16.0. The van der Waals surface area contributed by atoms with Gasteiger partial charge in [-0.2, -0.15) is 0 Å². The molecule has 4 aliphatic rings. The van der Waals surface area contributed by atoms with Crippen molar-refractivity contribution in [1.82, 2.24) is 0 Å². The van der Waals surface area contributed by atoms with E-state index in [0.717, 1.165) is 18.4 Å². The number of allylic oxidation sites excluding steroid dienone is 3. The average Bonchev–Trinajstić information content (AvgIpc) is 3.16. The quantitative estimate of drug-likeness (QED) is 0.270. The molecule has 210 valence electrons. The van der Waals surface area contributed by atoms with Gasteiger partial charge in [0.05, 0.1) is 31.5 Å². The van der Waals surface area contributed by atoms with E-state index in [1.807, 2.05) is 13.0 Å². The fraction of sp³-hybridized carbons (Fsp3) is 0.812. The van der Waals surface area contributed by atoms with Gasteiger partial charge in [-0.3, -0.25) is 0 Å². The zero-order chi connectivity index (χ0) is 27.4. The molecule has 0 spiro atoms. The second kappa shape index (κ2) is 10.4. The molecule has 0 heterocycles. The lowest BCUT2D eigenvalue weighted by Crippen LogP contribution is -2.57. The van der Waals surface area contributed by atoms with Gasteiger partial charge < -0.3 is 19.4 Å². The van der Waals surface area contributed by atoms with Crippen molar-refractivity contribution in [1.29, 1.82) is 0 Å². The summed E-state index contributed by atoms with van der Waals surface area (Å²) in [6, 6.07) is 0.